The van der Waals surface area contributed by atoms with Crippen molar-refractivity contribution in [2.24, 2.45) is 0 Å². The van der Waals surface area contributed by atoms with E-state index in [1.807, 2.05) is 24.3 Å². The molecule has 1 aliphatic heterocycles. The second-order valence-corrected chi connectivity index (χ2v) is 8.96. The Hall–Kier alpha value is -1.92. The van der Waals surface area contributed by atoms with Crippen molar-refractivity contribution < 1.29 is 24.2 Å². The maximum Gasteiger partial charge on any atom is 0.329 e. The summed E-state index contributed by atoms with van der Waals surface area (Å²) >= 11 is 9.15. The van der Waals surface area contributed by atoms with Crippen LogP contribution in [0.2, 0.25) is 0 Å². The van der Waals surface area contributed by atoms with Crippen LogP contribution in [0.15, 0.2) is 51.0 Å². The van der Waals surface area contributed by atoms with Gasteiger partial charge in [-0.05, 0) is 95.9 Å². The Kier molecular flexibility index (Phi) is 6.96. The summed E-state index contributed by atoms with van der Waals surface area (Å²) in [6.45, 7) is -0.312. The van der Waals surface area contributed by atoms with E-state index in [9.17, 15) is 14.4 Å². The molecule has 0 spiro atoms. The number of amides is 3. The lowest BCUT2D eigenvalue weighted by Gasteiger charge is -2.12. The molecule has 0 unspecified atom stereocenters. The molecule has 2 N–H and O–H groups in total. The molecule has 0 aliphatic carbocycles. The number of imide groups is 1. The standard InChI is InChI=1S/C19H13Br2IN2O5/c20-13-5-11(7-15-18(27)24(8-16(25)26)19(28)23-15)6-14(21)17(13)29-9-10-1-3-12(22)4-2-10/h1-7H,8-9H2,(H,23,28)(H,25,26)/b15-7+. The van der Waals surface area contributed by atoms with Crippen molar-refractivity contribution in [3.8, 4) is 5.75 Å². The van der Waals surface area contributed by atoms with Gasteiger partial charge in [-0.1, -0.05) is 12.1 Å². The fraction of sp³-hybridized carbons (Fsp3) is 0.105. The molecule has 29 heavy (non-hydrogen) atoms. The number of carboxylic acids is 1. The van der Waals surface area contributed by atoms with Crippen LogP contribution in [0.4, 0.5) is 4.79 Å². The van der Waals surface area contributed by atoms with Crippen LogP contribution >= 0.6 is 54.5 Å². The molecule has 150 valence electrons. The van der Waals surface area contributed by atoms with E-state index in [1.54, 1.807) is 12.1 Å². The highest BCUT2D eigenvalue weighted by Gasteiger charge is 2.34. The number of nitrogens with zero attached hydrogens (tertiary/aromatic N) is 1. The Labute approximate surface area is 196 Å². The normalized spacial score (nSPS) is 15.0. The van der Waals surface area contributed by atoms with E-state index in [-0.39, 0.29) is 5.70 Å². The molecule has 1 aliphatic rings. The van der Waals surface area contributed by atoms with Crippen LogP contribution in [0.5, 0.6) is 5.75 Å². The predicted molar refractivity (Wildman–Crippen MR) is 121 cm³/mol. The lowest BCUT2D eigenvalue weighted by atomic mass is 10.2. The minimum atomic E-state index is -1.27. The Morgan fingerprint density at radius 2 is 1.79 bits per heavy atom. The van der Waals surface area contributed by atoms with Gasteiger partial charge in [0.05, 0.1) is 8.95 Å². The molecule has 2 aromatic rings. The fourth-order valence-corrected chi connectivity index (χ4v) is 4.36. The van der Waals surface area contributed by atoms with Crippen molar-refractivity contribution in [3.05, 3.63) is 65.7 Å². The number of carboxylic acid groups (broad SMARTS) is 1. The van der Waals surface area contributed by atoms with Gasteiger partial charge in [-0.25, -0.2) is 9.69 Å². The topological polar surface area (TPSA) is 95.9 Å². The van der Waals surface area contributed by atoms with Gasteiger partial charge in [0.2, 0.25) is 0 Å². The van der Waals surface area contributed by atoms with Gasteiger partial charge < -0.3 is 15.2 Å². The van der Waals surface area contributed by atoms with E-state index in [0.29, 0.717) is 31.8 Å². The lowest BCUT2D eigenvalue weighted by Crippen LogP contribution is -2.35. The van der Waals surface area contributed by atoms with E-state index in [4.69, 9.17) is 9.84 Å². The Bertz CT molecular complexity index is 1000. The van der Waals surface area contributed by atoms with Gasteiger partial charge >= 0.3 is 12.0 Å². The smallest absolute Gasteiger partial charge is 0.329 e. The fourth-order valence-electron chi connectivity index (χ4n) is 2.55. The monoisotopic (exact) mass is 634 g/mol. The summed E-state index contributed by atoms with van der Waals surface area (Å²) in [5, 5.41) is 11.2. The molecular weight excluding hydrogens is 623 g/mol. The van der Waals surface area contributed by atoms with Crippen LogP contribution in [-0.2, 0) is 16.2 Å². The molecule has 0 aromatic heterocycles. The lowest BCUT2D eigenvalue weighted by molar-refractivity contribution is -0.140. The second kappa shape index (κ2) is 9.26. The van der Waals surface area contributed by atoms with Gasteiger partial charge in [-0.15, -0.1) is 0 Å². The van der Waals surface area contributed by atoms with Gasteiger partial charge in [0.1, 0.15) is 24.6 Å². The van der Waals surface area contributed by atoms with Crippen LogP contribution < -0.4 is 10.1 Å². The SMILES string of the molecule is O=C(O)CN1C(=O)N/C(=C/c2cc(Br)c(OCc3ccc(I)cc3)c(Br)c2)C1=O. The molecular formula is C19H13Br2IN2O5. The van der Waals surface area contributed by atoms with Crippen molar-refractivity contribution >= 4 is 78.4 Å². The van der Waals surface area contributed by atoms with Crippen molar-refractivity contribution in [1.82, 2.24) is 10.2 Å². The third-order valence-corrected chi connectivity index (χ3v) is 5.78. The summed E-state index contributed by atoms with van der Waals surface area (Å²) in [4.78, 5) is 35.5. The average Bonchev–Trinajstić information content (AvgIpc) is 2.89. The molecule has 1 saturated heterocycles. The van der Waals surface area contributed by atoms with Crippen molar-refractivity contribution in [1.29, 1.82) is 0 Å². The third kappa shape index (κ3) is 5.37. The average molecular weight is 636 g/mol. The van der Waals surface area contributed by atoms with Gasteiger partial charge in [-0.3, -0.25) is 9.59 Å². The van der Waals surface area contributed by atoms with Crippen LogP contribution in [0.1, 0.15) is 11.1 Å². The predicted octanol–water partition coefficient (Wildman–Crippen LogP) is 4.37. The molecule has 1 heterocycles. The number of nitrogens with one attached hydrogen (secondary N) is 1. The van der Waals surface area contributed by atoms with E-state index in [1.165, 1.54) is 6.08 Å². The minimum absolute atomic E-state index is 0.00241. The molecule has 3 amide bonds. The first-order valence-corrected chi connectivity index (χ1v) is 10.8. The number of hydrogen-bond donors (Lipinski definition) is 2. The number of carbonyl (C=O) groups is 3. The third-order valence-electron chi connectivity index (χ3n) is 3.88. The highest BCUT2D eigenvalue weighted by atomic mass is 127. The van der Waals surface area contributed by atoms with Crippen LogP contribution in [0.25, 0.3) is 6.08 Å². The van der Waals surface area contributed by atoms with Crippen LogP contribution in [-0.4, -0.2) is 34.5 Å². The van der Waals surface area contributed by atoms with E-state index in [0.717, 1.165) is 9.13 Å². The second-order valence-electron chi connectivity index (χ2n) is 6.00. The zero-order chi connectivity index (χ0) is 21.1. The highest BCUT2D eigenvalue weighted by Crippen LogP contribution is 2.36. The number of aliphatic carboxylic acids is 1. The molecule has 7 nitrogen and oxygen atoms in total. The quantitative estimate of drug-likeness (QED) is 0.279. The molecule has 2 aromatic carbocycles. The van der Waals surface area contributed by atoms with Crippen LogP contribution in [0.3, 0.4) is 0 Å². The summed E-state index contributed by atoms with van der Waals surface area (Å²) in [6, 6.07) is 10.7. The van der Waals surface area contributed by atoms with Gasteiger partial charge in [0.15, 0.2) is 0 Å². The number of hydrogen-bond acceptors (Lipinski definition) is 4. The Balaban J connectivity index is 1.77. The first kappa shape index (κ1) is 21.8. The van der Waals surface area contributed by atoms with Gasteiger partial charge in [-0.2, -0.15) is 0 Å². The molecule has 1 fully saturated rings. The zero-order valence-electron chi connectivity index (χ0n) is 14.6. The Morgan fingerprint density at radius 1 is 1.17 bits per heavy atom. The van der Waals surface area contributed by atoms with Gasteiger partial charge in [0.25, 0.3) is 5.91 Å². The number of benzene rings is 2. The summed E-state index contributed by atoms with van der Waals surface area (Å²) in [6.07, 6.45) is 1.47. The molecule has 0 bridgehead atoms. The maximum atomic E-state index is 12.2. The molecule has 0 radical (unpaired) electrons. The Morgan fingerprint density at radius 3 is 2.38 bits per heavy atom. The van der Waals surface area contributed by atoms with E-state index >= 15 is 0 Å². The molecule has 10 heteroatoms. The van der Waals surface area contributed by atoms with E-state index < -0.39 is 24.5 Å². The summed E-state index contributed by atoms with van der Waals surface area (Å²) in [5.41, 5.74) is 1.64. The number of rotatable bonds is 6. The first-order valence-electron chi connectivity index (χ1n) is 8.17. The van der Waals surface area contributed by atoms with Gasteiger partial charge in [0, 0.05) is 3.57 Å². The first-order chi connectivity index (χ1) is 13.7. The van der Waals surface area contributed by atoms with Crippen molar-refractivity contribution in [3.63, 3.8) is 0 Å². The van der Waals surface area contributed by atoms with Crippen LogP contribution in [0, 0.1) is 3.57 Å². The van der Waals surface area contributed by atoms with Crippen molar-refractivity contribution in [2.75, 3.05) is 6.54 Å². The number of urea groups is 1. The number of halogens is 3. The summed E-state index contributed by atoms with van der Waals surface area (Å²) < 4.78 is 8.34. The molecule has 3 rings (SSSR count). The molecule has 0 atom stereocenters. The summed E-state index contributed by atoms with van der Waals surface area (Å²) in [5.74, 6) is -1.36. The maximum absolute atomic E-state index is 12.2. The largest absolute Gasteiger partial charge is 0.487 e. The van der Waals surface area contributed by atoms with Crippen molar-refractivity contribution in [2.45, 2.75) is 6.61 Å². The molecule has 0 saturated carbocycles. The number of carbonyl (C=O) groups excluding carboxylic acids is 2. The van der Waals surface area contributed by atoms with E-state index in [2.05, 4.69) is 59.8 Å². The minimum Gasteiger partial charge on any atom is -0.487 e. The highest BCUT2D eigenvalue weighted by molar-refractivity contribution is 14.1. The summed E-state index contributed by atoms with van der Waals surface area (Å²) in [7, 11) is 0. The number of ether oxygens (including phenoxy) is 1. The zero-order valence-corrected chi connectivity index (χ0v) is 19.9.